The summed E-state index contributed by atoms with van der Waals surface area (Å²) in [4.78, 5) is 118. The first kappa shape index (κ1) is 62.9. The van der Waals surface area contributed by atoms with Crippen LogP contribution in [0.15, 0.2) is 91.4 Å². The van der Waals surface area contributed by atoms with Crippen LogP contribution in [0.1, 0.15) is 68.3 Å². The van der Waals surface area contributed by atoms with Gasteiger partial charge < -0.3 is 85.8 Å². The minimum atomic E-state index is -1.74. The number of primary amides is 1. The topological polar surface area (TPSA) is 450 Å². The molecule has 79 heavy (non-hydrogen) atoms. The largest absolute Gasteiger partial charge is 0.508 e. The van der Waals surface area contributed by atoms with Crippen LogP contribution in [0.5, 0.6) is 11.5 Å². The second-order valence-electron chi connectivity index (χ2n) is 19.2. The van der Waals surface area contributed by atoms with E-state index >= 15 is 0 Å². The number of benzene rings is 3. The van der Waals surface area contributed by atoms with E-state index in [0.29, 0.717) is 41.8 Å². The van der Waals surface area contributed by atoms with Gasteiger partial charge in [-0.1, -0.05) is 68.4 Å². The molecule has 0 radical (unpaired) electrons. The van der Waals surface area contributed by atoms with E-state index in [0.717, 1.165) is 0 Å². The fraction of sp³-hybridized carbons (Fsp3) is 0.434. The van der Waals surface area contributed by atoms with Crippen LogP contribution in [-0.4, -0.2) is 147 Å². The molecule has 0 saturated carbocycles. The number of hydrogen-bond acceptors (Lipinski definition) is 15. The van der Waals surface area contributed by atoms with Crippen LogP contribution in [0.25, 0.3) is 0 Å². The summed E-state index contributed by atoms with van der Waals surface area (Å²) in [5, 5.41) is 58.8. The zero-order valence-electron chi connectivity index (χ0n) is 44.2. The predicted octanol–water partition coefficient (Wildman–Crippen LogP) is -2.66. The number of nitrogens with zero attached hydrogens (tertiary/aromatic N) is 1. The Morgan fingerprint density at radius 2 is 0.975 bits per heavy atom. The van der Waals surface area contributed by atoms with Crippen molar-refractivity contribution in [2.45, 2.75) is 120 Å². The molecule has 0 saturated heterocycles. The van der Waals surface area contributed by atoms with Gasteiger partial charge in [-0.25, -0.2) is 4.98 Å². The maximum atomic E-state index is 14.7. The highest BCUT2D eigenvalue weighted by atomic mass is 16.3. The Morgan fingerprint density at radius 3 is 1.41 bits per heavy atom. The van der Waals surface area contributed by atoms with Crippen LogP contribution >= 0.6 is 0 Å². The monoisotopic (exact) mass is 1100 g/mol. The maximum absolute atomic E-state index is 14.7. The molecular formula is C53H75N15O11. The SMILES string of the molecule is CC(C)[C@H](N)C(=O)N[C@H](CCCCN)C(=O)N[C@@H](Cc1c[nH]cn1)C(=O)N[C@@H](Cc1ccc(O)cc1)C(=O)N[C@H](Cc1ccccc1)C(=O)N[C@@H](CO)C(=O)N[C@@H](Cc1ccc(O)cc1)C(=O)N[C@@H](CCCNC(=N)N)C(N)=O. The number of carbonyl (C=O) groups excluding carboxylic acids is 8. The van der Waals surface area contributed by atoms with Gasteiger partial charge in [-0.15, -0.1) is 0 Å². The number of aromatic nitrogens is 2. The number of guanidine groups is 1. The molecule has 428 valence electrons. The second-order valence-corrected chi connectivity index (χ2v) is 19.2. The van der Waals surface area contributed by atoms with E-state index in [4.69, 9.17) is 28.3 Å². The first-order valence-electron chi connectivity index (χ1n) is 25.8. The van der Waals surface area contributed by atoms with Crippen molar-refractivity contribution in [1.29, 1.82) is 5.41 Å². The number of amides is 8. The quantitative estimate of drug-likeness (QED) is 0.0132. The number of aromatic amines is 1. The second kappa shape index (κ2) is 32.2. The van der Waals surface area contributed by atoms with Crippen LogP contribution in [0.2, 0.25) is 0 Å². The average Bonchev–Trinajstić information content (AvgIpc) is 3.94. The molecule has 26 heteroatoms. The molecule has 0 spiro atoms. The minimum absolute atomic E-state index is 0.0264. The number of imidazole rings is 1. The van der Waals surface area contributed by atoms with Gasteiger partial charge in [-0.2, -0.15) is 0 Å². The van der Waals surface area contributed by atoms with Gasteiger partial charge in [0.05, 0.1) is 24.7 Å². The predicted molar refractivity (Wildman–Crippen MR) is 291 cm³/mol. The Morgan fingerprint density at radius 1 is 0.557 bits per heavy atom. The summed E-state index contributed by atoms with van der Waals surface area (Å²) >= 11 is 0. The number of nitrogens with one attached hydrogen (secondary N) is 10. The van der Waals surface area contributed by atoms with Crippen molar-refractivity contribution in [1.82, 2.24) is 52.5 Å². The number of phenols is 2. The summed E-state index contributed by atoms with van der Waals surface area (Å²) in [7, 11) is 0. The van der Waals surface area contributed by atoms with Crippen molar-refractivity contribution in [3.8, 4) is 11.5 Å². The summed E-state index contributed by atoms with van der Waals surface area (Å²) in [6.45, 7) is 3.00. The molecule has 26 nitrogen and oxygen atoms in total. The first-order valence-corrected chi connectivity index (χ1v) is 25.8. The normalized spacial score (nSPS) is 14.1. The summed E-state index contributed by atoms with van der Waals surface area (Å²) in [5.74, 6) is -7.59. The lowest BCUT2D eigenvalue weighted by atomic mass is 10.0. The van der Waals surface area contributed by atoms with Crippen molar-refractivity contribution in [2.24, 2.45) is 28.9 Å². The lowest BCUT2D eigenvalue weighted by molar-refractivity contribution is -0.136. The Bertz CT molecular complexity index is 2620. The first-order chi connectivity index (χ1) is 37.7. The van der Waals surface area contributed by atoms with Crippen LogP contribution in [0.4, 0.5) is 0 Å². The van der Waals surface area contributed by atoms with E-state index in [1.165, 1.54) is 61.1 Å². The summed E-state index contributed by atoms with van der Waals surface area (Å²) in [6, 6.07) is 9.02. The number of phenolic OH excluding ortho intramolecular Hbond substituents is 2. The van der Waals surface area contributed by atoms with Gasteiger partial charge in [-0.05, 0) is 85.5 Å². The van der Waals surface area contributed by atoms with Crippen molar-refractivity contribution < 1.29 is 53.7 Å². The van der Waals surface area contributed by atoms with E-state index in [-0.39, 0.29) is 74.9 Å². The van der Waals surface area contributed by atoms with E-state index < -0.39 is 102 Å². The van der Waals surface area contributed by atoms with Gasteiger partial charge in [0.1, 0.15) is 53.8 Å². The molecule has 0 aliphatic rings. The summed E-state index contributed by atoms with van der Waals surface area (Å²) in [5.41, 5.74) is 24.6. The van der Waals surface area contributed by atoms with Gasteiger partial charge >= 0.3 is 0 Å². The van der Waals surface area contributed by atoms with Crippen LogP contribution in [0.3, 0.4) is 0 Å². The number of aliphatic hydroxyl groups excluding tert-OH is 1. The van der Waals surface area contributed by atoms with Gasteiger partial charge in [0.15, 0.2) is 5.96 Å². The Kier molecular flexibility index (Phi) is 25.6. The molecule has 0 aliphatic carbocycles. The molecule has 0 bridgehead atoms. The number of unbranched alkanes of at least 4 members (excludes halogenated alkanes) is 1. The smallest absolute Gasteiger partial charge is 0.245 e. The summed E-state index contributed by atoms with van der Waals surface area (Å²) in [6.07, 6.45) is 3.50. The van der Waals surface area contributed by atoms with Gasteiger partial charge in [0.25, 0.3) is 0 Å². The third-order valence-corrected chi connectivity index (χ3v) is 12.6. The fourth-order valence-corrected chi connectivity index (χ4v) is 8.01. The van der Waals surface area contributed by atoms with E-state index in [2.05, 4.69) is 52.5 Å². The molecule has 0 fully saturated rings. The van der Waals surface area contributed by atoms with Gasteiger partial charge in [0, 0.05) is 38.4 Å². The van der Waals surface area contributed by atoms with Crippen molar-refractivity contribution in [3.05, 3.63) is 114 Å². The molecule has 4 rings (SSSR count). The zero-order chi connectivity index (χ0) is 58.0. The standard InChI is InChI=1S/C53H75N15O11/c1-30(2)44(55)52(79)63-38(11-6-7-21-54)46(73)67-42(26-34-27-59-29-61-34)50(77)65-41(25-33-15-19-36(71)20-16-33)48(75)64-39(23-31-9-4-3-5-10-31)49(76)68-43(28-69)51(78)66-40(24-32-13-17-35(70)18-14-32)47(74)62-37(45(56)72)12-8-22-60-53(57)58/h3-5,9-10,13-20,27,29-30,37-44,69-71H,6-8,11-12,21-26,28,54-55H2,1-2H3,(H2,56,72)(H,59,61)(H,62,74)(H,63,79)(H,64,75)(H,65,77)(H,66,78)(H,67,73)(H,68,76)(H4,57,58,60)/t37-,38+,39+,40-,41-,42-,43-,44-/m0/s1. The molecular weight excluding hydrogens is 1020 g/mol. The highest BCUT2D eigenvalue weighted by Gasteiger charge is 2.35. The number of aromatic hydroxyl groups is 2. The summed E-state index contributed by atoms with van der Waals surface area (Å²) < 4.78 is 0. The fourth-order valence-electron chi connectivity index (χ4n) is 8.01. The third kappa shape index (κ3) is 21.7. The molecule has 8 amide bonds. The van der Waals surface area contributed by atoms with Crippen LogP contribution < -0.4 is 65.5 Å². The lowest BCUT2D eigenvalue weighted by Crippen LogP contribution is -2.61. The van der Waals surface area contributed by atoms with E-state index in [1.54, 1.807) is 44.2 Å². The van der Waals surface area contributed by atoms with Gasteiger partial charge in [-0.3, -0.25) is 43.8 Å². The molecule has 1 aromatic heterocycles. The number of H-pyrrole nitrogens is 1. The zero-order valence-corrected chi connectivity index (χ0v) is 44.2. The minimum Gasteiger partial charge on any atom is -0.508 e. The maximum Gasteiger partial charge on any atom is 0.245 e. The molecule has 3 aromatic carbocycles. The van der Waals surface area contributed by atoms with Crippen molar-refractivity contribution in [3.63, 3.8) is 0 Å². The molecule has 0 unspecified atom stereocenters. The molecule has 8 atom stereocenters. The molecule has 4 aromatic rings. The molecule has 21 N–H and O–H groups in total. The number of hydrogen-bond donors (Lipinski definition) is 17. The number of aliphatic hydroxyl groups is 1. The van der Waals surface area contributed by atoms with Crippen molar-refractivity contribution >= 4 is 53.2 Å². The van der Waals surface area contributed by atoms with E-state index in [9.17, 15) is 53.7 Å². The lowest BCUT2D eigenvalue weighted by Gasteiger charge is -2.28. The van der Waals surface area contributed by atoms with Crippen LogP contribution in [-0.2, 0) is 64.0 Å². The van der Waals surface area contributed by atoms with Crippen LogP contribution in [0, 0.1) is 11.3 Å². The Hall–Kier alpha value is -8.62. The molecule has 0 aliphatic heterocycles. The van der Waals surface area contributed by atoms with Crippen molar-refractivity contribution in [2.75, 3.05) is 19.7 Å². The Labute approximate surface area is 457 Å². The average molecular weight is 1100 g/mol. The van der Waals surface area contributed by atoms with Gasteiger partial charge in [0.2, 0.25) is 47.3 Å². The van der Waals surface area contributed by atoms with E-state index in [1.807, 2.05) is 0 Å². The molecule has 1 heterocycles. The Balaban J connectivity index is 1.64. The highest BCUT2D eigenvalue weighted by Crippen LogP contribution is 2.15. The number of rotatable bonds is 33. The highest BCUT2D eigenvalue weighted by molar-refractivity contribution is 5.98. The number of carbonyl (C=O) groups is 8. The number of nitrogens with two attached hydrogens (primary N) is 4. The third-order valence-electron chi connectivity index (χ3n) is 12.6.